The third-order valence-corrected chi connectivity index (χ3v) is 3.88. The van der Waals surface area contributed by atoms with Gasteiger partial charge in [-0.2, -0.15) is 0 Å². The molecule has 0 aromatic carbocycles. The molecule has 0 bridgehead atoms. The summed E-state index contributed by atoms with van der Waals surface area (Å²) in [7, 11) is -3.03. The number of nitrogens with zero attached hydrogens (tertiary/aromatic N) is 1. The molecule has 1 rings (SSSR count). The summed E-state index contributed by atoms with van der Waals surface area (Å²) in [4.78, 5) is 4.12. The second-order valence-electron chi connectivity index (χ2n) is 2.98. The zero-order valence-electron chi connectivity index (χ0n) is 8.23. The van der Waals surface area contributed by atoms with Gasteiger partial charge in [0.15, 0.2) is 9.84 Å². The first-order valence-electron chi connectivity index (χ1n) is 4.26. The second kappa shape index (κ2) is 4.70. The highest BCUT2D eigenvalue weighted by Crippen LogP contribution is 2.11. The van der Waals surface area contributed by atoms with Crippen molar-refractivity contribution in [1.29, 1.82) is 0 Å². The third kappa shape index (κ3) is 3.59. The lowest BCUT2D eigenvalue weighted by molar-refractivity contribution is 0.597. The van der Waals surface area contributed by atoms with E-state index in [1.807, 2.05) is 13.8 Å². The summed E-state index contributed by atoms with van der Waals surface area (Å²) in [5, 5.41) is 2.70. The van der Waals surface area contributed by atoms with Gasteiger partial charge < -0.3 is 0 Å². The minimum absolute atomic E-state index is 0.0433. The maximum atomic E-state index is 11.5. The lowest BCUT2D eigenvalue weighted by Crippen LogP contribution is -2.07. The predicted molar refractivity (Wildman–Crippen MR) is 59.2 cm³/mol. The van der Waals surface area contributed by atoms with Crippen molar-refractivity contribution in [1.82, 2.24) is 4.98 Å². The van der Waals surface area contributed by atoms with E-state index in [2.05, 4.69) is 4.98 Å². The van der Waals surface area contributed by atoms with Gasteiger partial charge in [-0.15, -0.1) is 11.3 Å². The molecule has 1 aromatic rings. The summed E-state index contributed by atoms with van der Waals surface area (Å²) in [6, 6.07) is 0. The molecule has 1 heterocycles. The lowest BCUT2D eigenvalue weighted by Gasteiger charge is -1.97. The van der Waals surface area contributed by atoms with Crippen molar-refractivity contribution in [2.75, 3.05) is 5.75 Å². The average Bonchev–Trinajstić information content (AvgIpc) is 2.47. The Hall–Kier alpha value is -0.680. The number of aryl methyl sites for hydroxylation is 1. The molecule has 0 aliphatic carbocycles. The molecule has 0 aliphatic heterocycles. The van der Waals surface area contributed by atoms with E-state index in [1.54, 1.807) is 17.5 Å². The number of hydrogen-bond acceptors (Lipinski definition) is 4. The SMILES string of the molecule is CC=CCS(=O)(=O)Cc1csc(C)n1. The van der Waals surface area contributed by atoms with Crippen LogP contribution in [-0.2, 0) is 15.6 Å². The van der Waals surface area contributed by atoms with Gasteiger partial charge in [-0.25, -0.2) is 13.4 Å². The zero-order chi connectivity index (χ0) is 10.6. The molecule has 0 saturated heterocycles. The van der Waals surface area contributed by atoms with Gasteiger partial charge in [0, 0.05) is 5.38 Å². The minimum Gasteiger partial charge on any atom is -0.246 e. The molecule has 1 aromatic heterocycles. The predicted octanol–water partition coefficient (Wildman–Crippen LogP) is 1.94. The molecular formula is C9H13NO2S2. The van der Waals surface area contributed by atoms with Gasteiger partial charge in [-0.1, -0.05) is 12.2 Å². The second-order valence-corrected chi connectivity index (χ2v) is 6.15. The van der Waals surface area contributed by atoms with E-state index >= 15 is 0 Å². The van der Waals surface area contributed by atoms with Crippen molar-refractivity contribution in [3.05, 3.63) is 28.2 Å². The fraction of sp³-hybridized carbons (Fsp3) is 0.444. The van der Waals surface area contributed by atoms with E-state index in [4.69, 9.17) is 0 Å². The minimum atomic E-state index is -3.03. The molecule has 0 aliphatic rings. The fourth-order valence-electron chi connectivity index (χ4n) is 1.00. The lowest BCUT2D eigenvalue weighted by atomic mass is 10.6. The monoisotopic (exact) mass is 231 g/mol. The van der Waals surface area contributed by atoms with Crippen molar-refractivity contribution in [3.8, 4) is 0 Å². The van der Waals surface area contributed by atoms with Crippen molar-refractivity contribution >= 4 is 21.2 Å². The summed E-state index contributed by atoms with van der Waals surface area (Å²) in [6.45, 7) is 3.68. The van der Waals surface area contributed by atoms with E-state index in [9.17, 15) is 8.42 Å². The first kappa shape index (κ1) is 11.4. The molecule has 0 radical (unpaired) electrons. The Bertz CT molecular complexity index is 418. The third-order valence-electron chi connectivity index (χ3n) is 1.62. The van der Waals surface area contributed by atoms with Crippen molar-refractivity contribution < 1.29 is 8.42 Å². The summed E-state index contributed by atoms with van der Waals surface area (Å²) < 4.78 is 23.0. The van der Waals surface area contributed by atoms with Crippen LogP contribution in [0, 0.1) is 6.92 Å². The molecule has 78 valence electrons. The van der Waals surface area contributed by atoms with Gasteiger partial charge in [0.1, 0.15) is 0 Å². The topological polar surface area (TPSA) is 47.0 Å². The molecule has 0 fully saturated rings. The van der Waals surface area contributed by atoms with Gasteiger partial charge in [-0.3, -0.25) is 0 Å². The maximum absolute atomic E-state index is 11.5. The van der Waals surface area contributed by atoms with Crippen LogP contribution in [0.1, 0.15) is 17.6 Å². The summed E-state index contributed by atoms with van der Waals surface area (Å²) >= 11 is 1.48. The van der Waals surface area contributed by atoms with Gasteiger partial charge in [0.25, 0.3) is 0 Å². The summed E-state index contributed by atoms with van der Waals surface area (Å²) in [6.07, 6.45) is 3.39. The zero-order valence-corrected chi connectivity index (χ0v) is 9.86. The van der Waals surface area contributed by atoms with Crippen LogP contribution in [0.3, 0.4) is 0 Å². The molecular weight excluding hydrogens is 218 g/mol. The first-order chi connectivity index (χ1) is 6.53. The Morgan fingerprint density at radius 2 is 2.29 bits per heavy atom. The van der Waals surface area contributed by atoms with E-state index in [-0.39, 0.29) is 11.5 Å². The highest BCUT2D eigenvalue weighted by Gasteiger charge is 2.11. The Labute approximate surface area is 88.4 Å². The van der Waals surface area contributed by atoms with Crippen LogP contribution in [0.15, 0.2) is 17.5 Å². The van der Waals surface area contributed by atoms with Crippen LogP contribution in [0.4, 0.5) is 0 Å². The number of sulfone groups is 1. The van der Waals surface area contributed by atoms with Crippen molar-refractivity contribution in [2.24, 2.45) is 0 Å². The van der Waals surface area contributed by atoms with Gasteiger partial charge in [0.2, 0.25) is 0 Å². The molecule has 0 amide bonds. The van der Waals surface area contributed by atoms with Crippen LogP contribution < -0.4 is 0 Å². The van der Waals surface area contributed by atoms with Crippen LogP contribution in [-0.4, -0.2) is 19.2 Å². The number of rotatable bonds is 4. The molecule has 0 saturated carbocycles. The Morgan fingerprint density at radius 3 is 2.79 bits per heavy atom. The van der Waals surface area contributed by atoms with Crippen LogP contribution in [0.5, 0.6) is 0 Å². The van der Waals surface area contributed by atoms with E-state index in [0.717, 1.165) is 5.01 Å². The van der Waals surface area contributed by atoms with Gasteiger partial charge in [-0.05, 0) is 13.8 Å². The molecule has 5 heteroatoms. The number of allylic oxidation sites excluding steroid dienone is 1. The van der Waals surface area contributed by atoms with Crippen LogP contribution in [0.25, 0.3) is 0 Å². The Kier molecular flexibility index (Phi) is 3.83. The highest BCUT2D eigenvalue weighted by molar-refractivity contribution is 7.90. The smallest absolute Gasteiger partial charge is 0.159 e. The first-order valence-corrected chi connectivity index (χ1v) is 6.96. The average molecular weight is 231 g/mol. The number of hydrogen-bond donors (Lipinski definition) is 0. The summed E-state index contributed by atoms with van der Waals surface area (Å²) in [5.41, 5.74) is 0.650. The van der Waals surface area contributed by atoms with Crippen molar-refractivity contribution in [3.63, 3.8) is 0 Å². The molecule has 0 atom stereocenters. The van der Waals surface area contributed by atoms with Gasteiger partial charge in [0.05, 0.1) is 22.2 Å². The molecule has 14 heavy (non-hydrogen) atoms. The quantitative estimate of drug-likeness (QED) is 0.744. The Balaban J connectivity index is 2.68. The highest BCUT2D eigenvalue weighted by atomic mass is 32.2. The normalized spacial score (nSPS) is 12.4. The summed E-state index contributed by atoms with van der Waals surface area (Å²) in [5.74, 6) is 0.141. The molecule has 0 N–H and O–H groups in total. The molecule has 0 unspecified atom stereocenters. The van der Waals surface area contributed by atoms with E-state index < -0.39 is 9.84 Å². The van der Waals surface area contributed by atoms with Gasteiger partial charge >= 0.3 is 0 Å². The number of aromatic nitrogens is 1. The molecule has 0 spiro atoms. The number of thiazole rings is 1. The van der Waals surface area contributed by atoms with E-state index in [0.29, 0.717) is 5.69 Å². The van der Waals surface area contributed by atoms with Crippen LogP contribution >= 0.6 is 11.3 Å². The molecule has 3 nitrogen and oxygen atoms in total. The van der Waals surface area contributed by atoms with E-state index in [1.165, 1.54) is 11.3 Å². The maximum Gasteiger partial charge on any atom is 0.159 e. The Morgan fingerprint density at radius 1 is 1.57 bits per heavy atom. The fourth-order valence-corrected chi connectivity index (χ4v) is 2.92. The standard InChI is InChI=1S/C9H13NO2S2/c1-3-4-5-14(11,12)7-9-6-13-8(2)10-9/h3-4,6H,5,7H2,1-2H3. The van der Waals surface area contributed by atoms with Crippen molar-refractivity contribution in [2.45, 2.75) is 19.6 Å². The largest absolute Gasteiger partial charge is 0.246 e. The van der Waals surface area contributed by atoms with Crippen LogP contribution in [0.2, 0.25) is 0 Å².